The smallest absolute Gasteiger partial charge is 0.242 e. The summed E-state index contributed by atoms with van der Waals surface area (Å²) in [6.45, 7) is 0. The molecule has 0 heterocycles. The Hall–Kier alpha value is -2.70. The van der Waals surface area contributed by atoms with Crippen molar-refractivity contribution in [3.63, 3.8) is 0 Å². The minimum Gasteiger partial charge on any atom is -0.503 e. The molecule has 25 heavy (non-hydrogen) atoms. The molecule has 2 N–H and O–H groups in total. The van der Waals surface area contributed by atoms with Gasteiger partial charge in [-0.2, -0.15) is 17.6 Å². The number of hydrogen-bond donors (Lipinski definition) is 2. The van der Waals surface area contributed by atoms with E-state index in [2.05, 4.69) is 4.89 Å². The van der Waals surface area contributed by atoms with E-state index in [1.165, 1.54) is 0 Å². The summed E-state index contributed by atoms with van der Waals surface area (Å²) in [5.41, 5.74) is 0. The summed E-state index contributed by atoms with van der Waals surface area (Å²) in [5, 5.41) is 16.1. The van der Waals surface area contributed by atoms with Gasteiger partial charge in [0.15, 0.2) is 5.75 Å². The largest absolute Gasteiger partial charge is 0.503 e. The van der Waals surface area contributed by atoms with Crippen LogP contribution in [0.3, 0.4) is 0 Å². The van der Waals surface area contributed by atoms with Gasteiger partial charge in [-0.05, 0) is 0 Å². The fourth-order valence-electron chi connectivity index (χ4n) is 1.26. The molecule has 3 nitrogen and oxygen atoms in total. The maximum atomic E-state index is 12.4. The highest BCUT2D eigenvalue weighted by atomic mass is 19.2. The van der Waals surface area contributed by atoms with E-state index in [1.807, 2.05) is 0 Å². The van der Waals surface area contributed by atoms with Gasteiger partial charge in [-0.15, -0.1) is 0 Å². The maximum absolute atomic E-state index is 12.4. The lowest BCUT2D eigenvalue weighted by Gasteiger charge is -2.03. The molecule has 2 aromatic rings. The van der Waals surface area contributed by atoms with Crippen LogP contribution in [0.15, 0.2) is 0 Å². The molecule has 2 aromatic carbocycles. The lowest BCUT2D eigenvalue weighted by Crippen LogP contribution is -2.04. The van der Waals surface area contributed by atoms with Gasteiger partial charge in [-0.1, -0.05) is 0 Å². The van der Waals surface area contributed by atoms with Gasteiger partial charge >= 0.3 is 0 Å². The minimum atomic E-state index is -2.31. The first-order chi connectivity index (χ1) is 11.5. The molecule has 0 atom stereocenters. The van der Waals surface area contributed by atoms with Gasteiger partial charge in [0.05, 0.1) is 0 Å². The monoisotopic (exact) mass is 384 g/mol. The second-order valence-corrected chi connectivity index (χ2v) is 3.91. The molecule has 0 spiro atoms. The molecule has 0 bridgehead atoms. The fraction of sp³-hybridized carbons (Fsp3) is 0. The number of phenols is 1. The average molecular weight is 384 g/mol. The van der Waals surface area contributed by atoms with Crippen molar-refractivity contribution in [3.05, 3.63) is 58.2 Å². The van der Waals surface area contributed by atoms with E-state index in [9.17, 15) is 43.9 Å². The third kappa shape index (κ3) is 3.55. The Kier molecular flexibility index (Phi) is 6.07. The molecule has 0 aliphatic heterocycles. The van der Waals surface area contributed by atoms with E-state index in [0.717, 1.165) is 0 Å². The number of hydrogen-bond acceptors (Lipinski definition) is 3. The van der Waals surface area contributed by atoms with Gasteiger partial charge in [0, 0.05) is 0 Å². The van der Waals surface area contributed by atoms with Crippen molar-refractivity contribution in [2.45, 2.75) is 0 Å². The van der Waals surface area contributed by atoms with Gasteiger partial charge < -0.3 is 9.99 Å². The van der Waals surface area contributed by atoms with Crippen LogP contribution in [0.5, 0.6) is 11.5 Å². The Morgan fingerprint density at radius 3 is 0.960 bits per heavy atom. The number of aromatic hydroxyl groups is 1. The summed E-state index contributed by atoms with van der Waals surface area (Å²) >= 11 is 0. The second-order valence-electron chi connectivity index (χ2n) is 3.91. The van der Waals surface area contributed by atoms with Crippen LogP contribution in [0.2, 0.25) is 0 Å². The highest BCUT2D eigenvalue weighted by Crippen LogP contribution is 2.28. The molecule has 0 saturated carbocycles. The zero-order valence-corrected chi connectivity index (χ0v) is 11.1. The molecular weight excluding hydrogens is 382 g/mol. The zero-order chi connectivity index (χ0) is 19.6. The van der Waals surface area contributed by atoms with Crippen LogP contribution in [0.25, 0.3) is 0 Å². The molecule has 138 valence electrons. The van der Waals surface area contributed by atoms with Crippen LogP contribution in [0.4, 0.5) is 43.9 Å². The Balaban J connectivity index is 0.000000251. The third-order valence-corrected chi connectivity index (χ3v) is 2.45. The van der Waals surface area contributed by atoms with Crippen LogP contribution in [0.1, 0.15) is 0 Å². The van der Waals surface area contributed by atoms with Crippen LogP contribution in [-0.4, -0.2) is 10.4 Å². The molecule has 0 radical (unpaired) electrons. The highest BCUT2D eigenvalue weighted by molar-refractivity contribution is 5.29. The van der Waals surface area contributed by atoms with Gasteiger partial charge in [0.2, 0.25) is 63.9 Å². The Labute approximate surface area is 130 Å². The summed E-state index contributed by atoms with van der Waals surface area (Å²) in [6.07, 6.45) is 0. The topological polar surface area (TPSA) is 49.7 Å². The SMILES string of the molecule is OOc1c(F)c(F)c(F)c(F)c1F.Oc1c(F)c(F)c(F)c(F)c1F. The molecule has 0 aromatic heterocycles. The summed E-state index contributed by atoms with van der Waals surface area (Å²) in [7, 11) is 0. The number of halogens is 10. The molecule has 0 aliphatic rings. The van der Waals surface area contributed by atoms with E-state index >= 15 is 0 Å². The zero-order valence-electron chi connectivity index (χ0n) is 11.1. The first-order valence-corrected chi connectivity index (χ1v) is 5.50. The van der Waals surface area contributed by atoms with Crippen LogP contribution in [-0.2, 0) is 0 Å². The van der Waals surface area contributed by atoms with E-state index in [4.69, 9.17) is 10.4 Å². The van der Waals surface area contributed by atoms with Gasteiger partial charge in [0.25, 0.3) is 0 Å². The summed E-state index contributed by atoms with van der Waals surface area (Å²) in [5.74, 6) is -25.8. The highest BCUT2D eigenvalue weighted by Gasteiger charge is 2.27. The van der Waals surface area contributed by atoms with Crippen LogP contribution >= 0.6 is 0 Å². The number of benzene rings is 2. The fourth-order valence-corrected chi connectivity index (χ4v) is 1.26. The Morgan fingerprint density at radius 2 is 0.680 bits per heavy atom. The van der Waals surface area contributed by atoms with Crippen molar-refractivity contribution in [3.8, 4) is 11.5 Å². The van der Waals surface area contributed by atoms with Gasteiger partial charge in [0.1, 0.15) is 0 Å². The maximum Gasteiger partial charge on any atom is 0.242 e. The molecule has 13 heteroatoms. The molecule has 0 unspecified atom stereocenters. The van der Waals surface area contributed by atoms with Gasteiger partial charge in [-0.3, -0.25) is 0 Å². The quantitative estimate of drug-likeness (QED) is 0.253. The summed E-state index contributed by atoms with van der Waals surface area (Å²) in [6, 6.07) is 0. The predicted octanol–water partition coefficient (Wildman–Crippen LogP) is 4.32. The van der Waals surface area contributed by atoms with E-state index in [-0.39, 0.29) is 0 Å². The van der Waals surface area contributed by atoms with Crippen molar-refractivity contribution in [2.24, 2.45) is 0 Å². The van der Waals surface area contributed by atoms with Crippen molar-refractivity contribution >= 4 is 0 Å². The first kappa shape index (κ1) is 20.3. The molecular formula is C12H2F10O3. The standard InChI is InChI=1S/C6HF5O2.C6HF5O/c7-1-2(8)4(10)6(13-12)5(11)3(1)9;7-1-2(8)4(10)6(12)5(11)3(1)9/h12H;12H. The third-order valence-electron chi connectivity index (χ3n) is 2.45. The van der Waals surface area contributed by atoms with Crippen molar-refractivity contribution in [1.82, 2.24) is 0 Å². The number of rotatable bonds is 1. The predicted molar refractivity (Wildman–Crippen MR) is 57.4 cm³/mol. The van der Waals surface area contributed by atoms with Gasteiger partial charge in [-0.25, -0.2) is 31.6 Å². The van der Waals surface area contributed by atoms with Crippen molar-refractivity contribution < 1.29 is 59.2 Å². The minimum absolute atomic E-state index is 1.73. The summed E-state index contributed by atoms with van der Waals surface area (Å²) < 4.78 is 122. The Morgan fingerprint density at radius 1 is 0.440 bits per heavy atom. The molecule has 2 rings (SSSR count). The average Bonchev–Trinajstić information content (AvgIpc) is 2.61. The second kappa shape index (κ2) is 7.46. The molecule has 0 amide bonds. The molecule has 0 fully saturated rings. The Bertz CT molecular complexity index is 690. The molecule has 0 saturated heterocycles. The van der Waals surface area contributed by atoms with Crippen LogP contribution < -0.4 is 4.89 Å². The summed E-state index contributed by atoms with van der Waals surface area (Å²) in [4.78, 5) is 3.00. The first-order valence-electron chi connectivity index (χ1n) is 5.50. The van der Waals surface area contributed by atoms with Crippen LogP contribution in [0, 0.1) is 58.2 Å². The normalized spacial score (nSPS) is 10.4. The van der Waals surface area contributed by atoms with E-state index in [0.29, 0.717) is 0 Å². The molecule has 0 aliphatic carbocycles. The lowest BCUT2D eigenvalue weighted by molar-refractivity contribution is -0.144. The number of phenolic OH excluding ortho intramolecular Hbond substituents is 1. The lowest BCUT2D eigenvalue weighted by atomic mass is 10.3. The van der Waals surface area contributed by atoms with E-state index in [1.54, 1.807) is 0 Å². The van der Waals surface area contributed by atoms with Crippen molar-refractivity contribution in [1.29, 1.82) is 0 Å². The van der Waals surface area contributed by atoms with E-state index < -0.39 is 69.7 Å². The van der Waals surface area contributed by atoms with Crippen molar-refractivity contribution in [2.75, 3.05) is 0 Å².